The van der Waals surface area contributed by atoms with E-state index in [1.807, 2.05) is 38.1 Å². The van der Waals surface area contributed by atoms with Crippen molar-refractivity contribution in [1.29, 1.82) is 0 Å². The number of rotatable bonds is 7. The van der Waals surface area contributed by atoms with E-state index in [9.17, 15) is 23.3 Å². The van der Waals surface area contributed by atoms with E-state index in [-0.39, 0.29) is 16.4 Å². The van der Waals surface area contributed by atoms with E-state index < -0.39 is 32.4 Å². The number of nitro benzene ring substituents is 1. The summed E-state index contributed by atoms with van der Waals surface area (Å²) in [6, 6.07) is 10.1. The van der Waals surface area contributed by atoms with Gasteiger partial charge in [-0.05, 0) is 24.1 Å². The molecule has 3 aromatic rings. The number of fused-ring (bicyclic) bond motifs is 1. The molecule has 0 radical (unpaired) electrons. The van der Waals surface area contributed by atoms with Gasteiger partial charge in [-0.3, -0.25) is 14.9 Å². The number of para-hydroxylation sites is 2. The molecule has 0 aliphatic heterocycles. The number of nitro groups is 1. The Bertz CT molecular complexity index is 1190. The zero-order valence-electron chi connectivity index (χ0n) is 16.7. The van der Waals surface area contributed by atoms with E-state index >= 15 is 0 Å². The van der Waals surface area contributed by atoms with Gasteiger partial charge in [0.25, 0.3) is 11.6 Å². The first-order valence-corrected chi connectivity index (χ1v) is 11.2. The molecule has 9 nitrogen and oxygen atoms in total. The Hall–Kier alpha value is -3.27. The highest BCUT2D eigenvalue weighted by Gasteiger charge is 2.26. The van der Waals surface area contributed by atoms with Crippen LogP contribution in [-0.4, -0.2) is 35.5 Å². The maximum absolute atomic E-state index is 12.9. The second-order valence-electron chi connectivity index (χ2n) is 7.22. The Morgan fingerprint density at radius 2 is 1.97 bits per heavy atom. The molecular formula is C20H22N4O5S. The molecule has 2 atom stereocenters. The summed E-state index contributed by atoms with van der Waals surface area (Å²) in [5, 5.41) is 14.1. The number of benzene rings is 2. The lowest BCUT2D eigenvalue weighted by Crippen LogP contribution is -2.33. The lowest BCUT2D eigenvalue weighted by molar-refractivity contribution is -0.385. The van der Waals surface area contributed by atoms with Gasteiger partial charge in [-0.15, -0.1) is 0 Å². The number of amides is 1. The molecule has 0 aliphatic rings. The van der Waals surface area contributed by atoms with Crippen LogP contribution in [0.1, 0.15) is 42.5 Å². The van der Waals surface area contributed by atoms with Gasteiger partial charge in [-0.1, -0.05) is 32.4 Å². The van der Waals surface area contributed by atoms with Crippen LogP contribution >= 0.6 is 0 Å². The average molecular weight is 430 g/mol. The number of non-ortho nitro benzene ring substituents is 1. The molecule has 0 bridgehead atoms. The molecule has 0 fully saturated rings. The lowest BCUT2D eigenvalue weighted by Gasteiger charge is -2.22. The monoisotopic (exact) mass is 430 g/mol. The number of hydrogen-bond donors (Lipinski definition) is 2. The summed E-state index contributed by atoms with van der Waals surface area (Å²) < 4.78 is 23.8. The van der Waals surface area contributed by atoms with E-state index in [2.05, 4.69) is 15.3 Å². The van der Waals surface area contributed by atoms with Crippen molar-refractivity contribution < 1.29 is 18.1 Å². The molecule has 3 rings (SSSR count). The van der Waals surface area contributed by atoms with Crippen LogP contribution in [0.25, 0.3) is 11.0 Å². The van der Waals surface area contributed by atoms with Gasteiger partial charge in [0.1, 0.15) is 5.82 Å². The van der Waals surface area contributed by atoms with E-state index in [1.54, 1.807) is 0 Å². The molecular weight excluding hydrogens is 408 g/mol. The number of aromatic nitrogens is 2. The van der Waals surface area contributed by atoms with Crippen molar-refractivity contribution in [2.75, 3.05) is 6.26 Å². The smallest absolute Gasteiger partial charge is 0.271 e. The third-order valence-corrected chi connectivity index (χ3v) is 6.09. The normalized spacial score (nSPS) is 13.7. The summed E-state index contributed by atoms with van der Waals surface area (Å²) >= 11 is 0. The third-order valence-electron chi connectivity index (χ3n) is 4.99. The minimum atomic E-state index is -3.74. The van der Waals surface area contributed by atoms with Crippen LogP contribution < -0.4 is 5.32 Å². The molecule has 0 spiro atoms. The van der Waals surface area contributed by atoms with Crippen LogP contribution in [0.2, 0.25) is 0 Å². The summed E-state index contributed by atoms with van der Waals surface area (Å²) in [4.78, 5) is 30.9. The van der Waals surface area contributed by atoms with Gasteiger partial charge in [0, 0.05) is 24.0 Å². The van der Waals surface area contributed by atoms with Gasteiger partial charge in [-0.2, -0.15) is 0 Å². The largest absolute Gasteiger partial charge is 0.342 e. The number of carbonyl (C=O) groups excluding carboxylic acids is 1. The Kier molecular flexibility index (Phi) is 5.88. The molecule has 0 aliphatic carbocycles. The van der Waals surface area contributed by atoms with Crippen molar-refractivity contribution in [2.45, 2.75) is 31.2 Å². The molecule has 0 saturated carbocycles. The summed E-state index contributed by atoms with van der Waals surface area (Å²) in [6.07, 6.45) is 1.68. The number of H-pyrrole nitrogens is 1. The first kappa shape index (κ1) is 21.4. The van der Waals surface area contributed by atoms with Gasteiger partial charge in [0.05, 0.1) is 26.9 Å². The van der Waals surface area contributed by atoms with Crippen molar-refractivity contribution in [2.24, 2.45) is 5.92 Å². The van der Waals surface area contributed by atoms with Crippen molar-refractivity contribution in [3.05, 3.63) is 64.0 Å². The van der Waals surface area contributed by atoms with E-state index in [0.717, 1.165) is 41.9 Å². The lowest BCUT2D eigenvalue weighted by atomic mass is 9.98. The van der Waals surface area contributed by atoms with E-state index in [0.29, 0.717) is 5.82 Å². The molecule has 2 aromatic carbocycles. The number of nitrogens with one attached hydrogen (secondary N) is 2. The van der Waals surface area contributed by atoms with Crippen LogP contribution in [0.3, 0.4) is 0 Å². The predicted octanol–water partition coefficient (Wildman–Crippen LogP) is 3.39. The molecule has 30 heavy (non-hydrogen) atoms. The molecule has 2 unspecified atom stereocenters. The molecule has 2 N–H and O–H groups in total. The fraction of sp³-hybridized carbons (Fsp3) is 0.300. The fourth-order valence-corrected chi connectivity index (χ4v) is 3.77. The van der Waals surface area contributed by atoms with Gasteiger partial charge in [-0.25, -0.2) is 13.4 Å². The minimum Gasteiger partial charge on any atom is -0.342 e. The SMILES string of the molecule is CCC(C)C(NC(=O)c1cc([N+](=O)[O-])cc(S(C)(=O)=O)c1)c1nc2ccccc2[nH]1. The molecule has 0 saturated heterocycles. The minimum absolute atomic E-state index is 0.00240. The van der Waals surface area contributed by atoms with Crippen LogP contribution in [-0.2, 0) is 9.84 Å². The number of sulfone groups is 1. The molecule has 1 aromatic heterocycles. The van der Waals surface area contributed by atoms with Crippen molar-refractivity contribution in [1.82, 2.24) is 15.3 Å². The van der Waals surface area contributed by atoms with Crippen LogP contribution in [0.4, 0.5) is 5.69 Å². The zero-order valence-corrected chi connectivity index (χ0v) is 17.6. The number of carbonyl (C=O) groups is 1. The van der Waals surface area contributed by atoms with Gasteiger partial charge < -0.3 is 10.3 Å². The topological polar surface area (TPSA) is 135 Å². The second kappa shape index (κ2) is 8.23. The number of nitrogens with zero attached hydrogens (tertiary/aromatic N) is 2. The summed E-state index contributed by atoms with van der Waals surface area (Å²) in [7, 11) is -3.74. The third kappa shape index (κ3) is 4.48. The van der Waals surface area contributed by atoms with Gasteiger partial charge in [0.2, 0.25) is 0 Å². The number of hydrogen-bond acceptors (Lipinski definition) is 6. The Labute approximate surface area is 173 Å². The Morgan fingerprint density at radius 1 is 1.27 bits per heavy atom. The average Bonchev–Trinajstić information content (AvgIpc) is 3.14. The van der Waals surface area contributed by atoms with Crippen LogP contribution in [0.5, 0.6) is 0 Å². The zero-order chi connectivity index (χ0) is 22.1. The molecule has 1 amide bonds. The van der Waals surface area contributed by atoms with Crippen molar-refractivity contribution >= 4 is 32.5 Å². The highest BCUT2D eigenvalue weighted by Crippen LogP contribution is 2.26. The summed E-state index contributed by atoms with van der Waals surface area (Å²) in [5.41, 5.74) is 1.01. The number of aromatic amines is 1. The first-order valence-electron chi connectivity index (χ1n) is 9.35. The van der Waals surface area contributed by atoms with Crippen molar-refractivity contribution in [3.8, 4) is 0 Å². The predicted molar refractivity (Wildman–Crippen MR) is 112 cm³/mol. The second-order valence-corrected chi connectivity index (χ2v) is 9.24. The highest BCUT2D eigenvalue weighted by molar-refractivity contribution is 7.90. The highest BCUT2D eigenvalue weighted by atomic mass is 32.2. The van der Waals surface area contributed by atoms with Crippen LogP contribution in [0.15, 0.2) is 47.4 Å². The van der Waals surface area contributed by atoms with Gasteiger partial charge >= 0.3 is 0 Å². The maximum atomic E-state index is 12.9. The standard InChI is InChI=1S/C20H22N4O5S/c1-4-12(2)18(19-21-16-7-5-6-8-17(16)22-19)23-20(25)13-9-14(24(26)27)11-15(10-13)30(3,28)29/h5-12,18H,4H2,1-3H3,(H,21,22)(H,23,25). The Balaban J connectivity index is 2.00. The van der Waals surface area contributed by atoms with Gasteiger partial charge in [0.15, 0.2) is 9.84 Å². The van der Waals surface area contributed by atoms with E-state index in [1.165, 1.54) is 0 Å². The molecule has 10 heteroatoms. The fourth-order valence-electron chi connectivity index (χ4n) is 3.09. The molecule has 1 heterocycles. The summed E-state index contributed by atoms with van der Waals surface area (Å²) in [6.45, 7) is 3.93. The number of imidazole rings is 1. The quantitative estimate of drug-likeness (QED) is 0.436. The first-order chi connectivity index (χ1) is 14.1. The Morgan fingerprint density at radius 3 is 2.57 bits per heavy atom. The van der Waals surface area contributed by atoms with Crippen LogP contribution in [0, 0.1) is 16.0 Å². The maximum Gasteiger partial charge on any atom is 0.271 e. The van der Waals surface area contributed by atoms with Crippen molar-refractivity contribution in [3.63, 3.8) is 0 Å². The molecule has 158 valence electrons. The summed E-state index contributed by atoms with van der Waals surface area (Å²) in [5.74, 6) is -0.0513. The van der Waals surface area contributed by atoms with E-state index in [4.69, 9.17) is 0 Å².